The Hall–Kier alpha value is -1.57. The van der Waals surface area contributed by atoms with Crippen LogP contribution in [0.25, 0.3) is 0 Å². The zero-order valence-corrected chi connectivity index (χ0v) is 12.2. The third kappa shape index (κ3) is 4.90. The molecule has 1 unspecified atom stereocenters. The summed E-state index contributed by atoms with van der Waals surface area (Å²) in [5, 5.41) is 19.5. The van der Waals surface area contributed by atoms with Crippen molar-refractivity contribution in [2.75, 3.05) is 5.75 Å². The molecular formula is C11H18N4O3S. The van der Waals surface area contributed by atoms with Crippen LogP contribution < -0.4 is 5.32 Å². The molecule has 1 atom stereocenters. The van der Waals surface area contributed by atoms with Gasteiger partial charge in [-0.2, -0.15) is 0 Å². The van der Waals surface area contributed by atoms with Crippen LogP contribution in [0.2, 0.25) is 0 Å². The number of carboxylic acid groups (broad SMARTS) is 1. The number of hydrogen-bond acceptors (Lipinski definition) is 5. The van der Waals surface area contributed by atoms with Crippen LogP contribution in [0.3, 0.4) is 0 Å². The molecule has 8 heteroatoms. The fraction of sp³-hybridized carbons (Fsp3) is 0.636. The predicted octanol–water partition coefficient (Wildman–Crippen LogP) is 0.930. The first-order valence-electron chi connectivity index (χ1n) is 5.77. The summed E-state index contributed by atoms with van der Waals surface area (Å²) in [7, 11) is 0. The lowest BCUT2D eigenvalue weighted by atomic mass is 10.1. The summed E-state index contributed by atoms with van der Waals surface area (Å²) in [6, 6.07) is -0.495. The molecule has 7 nitrogen and oxygen atoms in total. The lowest BCUT2D eigenvalue weighted by molar-refractivity contribution is -0.134. The van der Waals surface area contributed by atoms with E-state index in [1.807, 2.05) is 20.8 Å². The van der Waals surface area contributed by atoms with Crippen LogP contribution in [0.15, 0.2) is 11.5 Å². The summed E-state index contributed by atoms with van der Waals surface area (Å²) in [6.07, 6.45) is 1.43. The molecule has 0 fully saturated rings. The molecule has 1 rings (SSSR count). The van der Waals surface area contributed by atoms with Crippen molar-refractivity contribution in [1.29, 1.82) is 0 Å². The zero-order chi connectivity index (χ0) is 14.6. The van der Waals surface area contributed by atoms with E-state index in [0.29, 0.717) is 5.16 Å². The highest BCUT2D eigenvalue weighted by molar-refractivity contribution is 7.99. The highest BCUT2D eigenvalue weighted by atomic mass is 32.2. The van der Waals surface area contributed by atoms with Gasteiger partial charge in [-0.05, 0) is 27.7 Å². The fourth-order valence-corrected chi connectivity index (χ4v) is 2.04. The lowest BCUT2D eigenvalue weighted by Gasteiger charge is -2.24. The van der Waals surface area contributed by atoms with E-state index in [-0.39, 0.29) is 17.2 Å². The lowest BCUT2D eigenvalue weighted by Crippen LogP contribution is -2.43. The largest absolute Gasteiger partial charge is 0.481 e. The van der Waals surface area contributed by atoms with Crippen molar-refractivity contribution >= 4 is 23.6 Å². The van der Waals surface area contributed by atoms with Crippen molar-refractivity contribution in [3.05, 3.63) is 6.33 Å². The molecule has 0 bridgehead atoms. The molecular weight excluding hydrogens is 268 g/mol. The average molecular weight is 286 g/mol. The minimum atomic E-state index is -0.939. The van der Waals surface area contributed by atoms with Crippen molar-refractivity contribution in [2.24, 2.45) is 0 Å². The number of carbonyl (C=O) groups excluding carboxylic acids is 1. The number of amides is 1. The Bertz CT molecular complexity index is 467. The summed E-state index contributed by atoms with van der Waals surface area (Å²) in [5.74, 6) is -1.22. The number of rotatable bonds is 5. The third-order valence-electron chi connectivity index (χ3n) is 2.16. The summed E-state index contributed by atoms with van der Waals surface area (Å²) in [4.78, 5) is 22.6. The molecule has 0 aliphatic carbocycles. The van der Waals surface area contributed by atoms with E-state index < -0.39 is 12.0 Å². The molecule has 0 aliphatic heterocycles. The molecule has 0 aliphatic rings. The zero-order valence-electron chi connectivity index (χ0n) is 11.4. The van der Waals surface area contributed by atoms with Gasteiger partial charge in [0, 0.05) is 5.54 Å². The predicted molar refractivity (Wildman–Crippen MR) is 71.0 cm³/mol. The number of carboxylic acids is 1. The Labute approximate surface area is 115 Å². The van der Waals surface area contributed by atoms with Gasteiger partial charge in [0.2, 0.25) is 5.91 Å². The Kier molecular flexibility index (Phi) is 4.93. The first-order chi connectivity index (χ1) is 8.70. The number of hydrogen-bond donors (Lipinski definition) is 2. The first kappa shape index (κ1) is 15.5. The van der Waals surface area contributed by atoms with E-state index in [1.54, 1.807) is 11.5 Å². The van der Waals surface area contributed by atoms with Gasteiger partial charge in [-0.1, -0.05) is 11.8 Å². The maximum Gasteiger partial charge on any atom is 0.313 e. The second-order valence-electron chi connectivity index (χ2n) is 5.12. The van der Waals surface area contributed by atoms with Gasteiger partial charge in [-0.15, -0.1) is 10.2 Å². The molecule has 1 heterocycles. The van der Waals surface area contributed by atoms with Crippen LogP contribution >= 0.6 is 11.8 Å². The normalized spacial score (nSPS) is 13.1. The second kappa shape index (κ2) is 6.05. The van der Waals surface area contributed by atoms with Crippen LogP contribution in [-0.4, -0.2) is 43.0 Å². The number of nitrogens with zero attached hydrogens (tertiary/aromatic N) is 3. The maximum atomic E-state index is 12.0. The number of thioether (sulfide) groups is 1. The molecule has 0 radical (unpaired) electrons. The monoisotopic (exact) mass is 286 g/mol. The maximum absolute atomic E-state index is 12.0. The standard InChI is InChI=1S/C11H18N4O3S/c1-7(9(18)13-11(2,3)4)15-6-12-14-10(15)19-5-8(16)17/h6-7H,5H2,1-4H3,(H,13,18)(H,16,17). The van der Waals surface area contributed by atoms with E-state index in [0.717, 1.165) is 11.8 Å². The Morgan fingerprint density at radius 1 is 1.53 bits per heavy atom. The van der Waals surface area contributed by atoms with Crippen LogP contribution in [0.5, 0.6) is 0 Å². The van der Waals surface area contributed by atoms with E-state index >= 15 is 0 Å². The van der Waals surface area contributed by atoms with Gasteiger partial charge in [-0.25, -0.2) is 0 Å². The summed E-state index contributed by atoms with van der Waals surface area (Å²) < 4.78 is 1.56. The average Bonchev–Trinajstić information content (AvgIpc) is 2.70. The van der Waals surface area contributed by atoms with Crippen molar-refractivity contribution in [1.82, 2.24) is 20.1 Å². The third-order valence-corrected chi connectivity index (χ3v) is 3.10. The van der Waals surface area contributed by atoms with Gasteiger partial charge in [0.25, 0.3) is 0 Å². The van der Waals surface area contributed by atoms with Gasteiger partial charge in [0.15, 0.2) is 5.16 Å². The smallest absolute Gasteiger partial charge is 0.313 e. The number of aliphatic carboxylic acids is 1. The minimum absolute atomic E-state index is 0.119. The quantitative estimate of drug-likeness (QED) is 0.782. The molecule has 0 saturated heterocycles. The van der Waals surface area contributed by atoms with Crippen LogP contribution in [0.4, 0.5) is 0 Å². The Balaban J connectivity index is 2.77. The number of aromatic nitrogens is 3. The molecule has 19 heavy (non-hydrogen) atoms. The van der Waals surface area contributed by atoms with Crippen molar-refractivity contribution in [2.45, 2.75) is 44.4 Å². The molecule has 0 spiro atoms. The van der Waals surface area contributed by atoms with Gasteiger partial charge >= 0.3 is 5.97 Å². The summed E-state index contributed by atoms with van der Waals surface area (Å²) in [5.41, 5.74) is -0.326. The fourth-order valence-electron chi connectivity index (χ4n) is 1.33. The SMILES string of the molecule is CC(C(=O)NC(C)(C)C)n1cnnc1SCC(=O)O. The van der Waals surface area contributed by atoms with E-state index in [1.165, 1.54) is 6.33 Å². The molecule has 1 aromatic rings. The first-order valence-corrected chi connectivity index (χ1v) is 6.75. The van der Waals surface area contributed by atoms with E-state index in [2.05, 4.69) is 15.5 Å². The topological polar surface area (TPSA) is 97.1 Å². The van der Waals surface area contributed by atoms with E-state index in [9.17, 15) is 9.59 Å². The van der Waals surface area contributed by atoms with Crippen LogP contribution in [-0.2, 0) is 9.59 Å². The molecule has 0 saturated carbocycles. The second-order valence-corrected chi connectivity index (χ2v) is 6.06. The minimum Gasteiger partial charge on any atom is -0.481 e. The molecule has 1 aromatic heterocycles. The molecule has 0 aromatic carbocycles. The number of nitrogens with one attached hydrogen (secondary N) is 1. The summed E-state index contributed by atoms with van der Waals surface area (Å²) >= 11 is 1.04. The molecule has 2 N–H and O–H groups in total. The molecule has 1 amide bonds. The van der Waals surface area contributed by atoms with Crippen molar-refractivity contribution in [3.63, 3.8) is 0 Å². The Morgan fingerprint density at radius 2 is 2.16 bits per heavy atom. The van der Waals surface area contributed by atoms with Gasteiger partial charge < -0.3 is 10.4 Å². The Morgan fingerprint density at radius 3 is 2.68 bits per heavy atom. The summed E-state index contributed by atoms with van der Waals surface area (Å²) in [6.45, 7) is 7.40. The van der Waals surface area contributed by atoms with E-state index in [4.69, 9.17) is 5.11 Å². The van der Waals surface area contributed by atoms with Gasteiger partial charge in [0.05, 0.1) is 5.75 Å². The van der Waals surface area contributed by atoms with Crippen LogP contribution in [0.1, 0.15) is 33.7 Å². The van der Waals surface area contributed by atoms with Crippen molar-refractivity contribution in [3.8, 4) is 0 Å². The van der Waals surface area contributed by atoms with Gasteiger partial charge in [-0.3, -0.25) is 14.2 Å². The highest BCUT2D eigenvalue weighted by Crippen LogP contribution is 2.19. The van der Waals surface area contributed by atoms with Crippen LogP contribution in [0, 0.1) is 0 Å². The van der Waals surface area contributed by atoms with Gasteiger partial charge in [0.1, 0.15) is 12.4 Å². The van der Waals surface area contributed by atoms with Crippen molar-refractivity contribution < 1.29 is 14.7 Å². The molecule has 106 valence electrons. The highest BCUT2D eigenvalue weighted by Gasteiger charge is 2.23. The number of carbonyl (C=O) groups is 2.